The fraction of sp³-hybridized carbons (Fsp3) is 0.600. The molecule has 1 aliphatic rings. The number of aryl methyl sites for hydroxylation is 1. The monoisotopic (exact) mass is 346 g/mol. The molecule has 5 heteroatoms. The molecule has 1 aliphatic carbocycles. The Morgan fingerprint density at radius 2 is 1.80 bits per heavy atom. The number of nitrogens with one attached hydrogen (secondary N) is 2. The van der Waals surface area contributed by atoms with Crippen molar-refractivity contribution in [1.82, 2.24) is 10.6 Å². The molecule has 2 N–H and O–H groups in total. The topological polar surface area (TPSA) is 67.4 Å². The first-order valence-corrected chi connectivity index (χ1v) is 9.20. The van der Waals surface area contributed by atoms with Crippen molar-refractivity contribution in [3.63, 3.8) is 0 Å². The summed E-state index contributed by atoms with van der Waals surface area (Å²) in [7, 11) is 1.66. The minimum atomic E-state index is -0.400. The summed E-state index contributed by atoms with van der Waals surface area (Å²) in [4.78, 5) is 24.1. The van der Waals surface area contributed by atoms with Crippen LogP contribution in [0, 0.1) is 5.92 Å². The van der Waals surface area contributed by atoms with Crippen molar-refractivity contribution < 1.29 is 14.3 Å². The molecule has 0 unspecified atom stereocenters. The summed E-state index contributed by atoms with van der Waals surface area (Å²) in [5.41, 5.74) is 1.22. The van der Waals surface area contributed by atoms with Gasteiger partial charge in [0.05, 0.1) is 7.11 Å². The van der Waals surface area contributed by atoms with Gasteiger partial charge in [-0.3, -0.25) is 9.59 Å². The van der Waals surface area contributed by atoms with Crippen LogP contribution in [0.5, 0.6) is 5.75 Å². The summed E-state index contributed by atoms with van der Waals surface area (Å²) < 4.78 is 5.16. The number of amides is 2. The van der Waals surface area contributed by atoms with Gasteiger partial charge in [0.2, 0.25) is 11.8 Å². The number of benzene rings is 1. The molecule has 2 amide bonds. The molecule has 25 heavy (non-hydrogen) atoms. The van der Waals surface area contributed by atoms with Gasteiger partial charge in [0.25, 0.3) is 0 Å². The second-order valence-corrected chi connectivity index (χ2v) is 7.02. The minimum Gasteiger partial charge on any atom is -0.497 e. The van der Waals surface area contributed by atoms with E-state index in [0.29, 0.717) is 0 Å². The van der Waals surface area contributed by atoms with Crippen molar-refractivity contribution in [3.8, 4) is 5.75 Å². The Balaban J connectivity index is 1.84. The van der Waals surface area contributed by atoms with Crippen molar-refractivity contribution in [1.29, 1.82) is 0 Å². The first kappa shape index (κ1) is 19.3. The van der Waals surface area contributed by atoms with Gasteiger partial charge >= 0.3 is 0 Å². The van der Waals surface area contributed by atoms with Crippen LogP contribution in [0.1, 0.15) is 51.5 Å². The third-order valence-electron chi connectivity index (χ3n) is 4.93. The zero-order chi connectivity index (χ0) is 18.2. The van der Waals surface area contributed by atoms with E-state index in [-0.39, 0.29) is 23.8 Å². The van der Waals surface area contributed by atoms with E-state index in [1.54, 1.807) is 7.11 Å². The Morgan fingerprint density at radius 1 is 1.16 bits per heavy atom. The summed E-state index contributed by atoms with van der Waals surface area (Å²) in [5.74, 6) is 0.916. The Labute approximate surface area is 150 Å². The summed E-state index contributed by atoms with van der Waals surface area (Å²) in [5, 5.41) is 5.93. The second-order valence-electron chi connectivity index (χ2n) is 7.02. The molecular formula is C20H30N2O3. The van der Waals surface area contributed by atoms with Crippen molar-refractivity contribution in [2.75, 3.05) is 7.11 Å². The van der Waals surface area contributed by atoms with Crippen molar-refractivity contribution in [3.05, 3.63) is 29.8 Å². The van der Waals surface area contributed by atoms with E-state index in [9.17, 15) is 9.59 Å². The number of carbonyl (C=O) groups excluding carboxylic acids is 2. The average molecular weight is 346 g/mol. The van der Waals surface area contributed by atoms with E-state index >= 15 is 0 Å². The predicted octanol–water partition coefficient (Wildman–Crippen LogP) is 2.83. The Morgan fingerprint density at radius 3 is 2.36 bits per heavy atom. The predicted molar refractivity (Wildman–Crippen MR) is 98.5 cm³/mol. The SMILES string of the molecule is COc1ccc(CC[C@H](C)NC(=O)[C@H](NC(C)=O)C2CCCC2)cc1. The molecule has 0 aliphatic heterocycles. The Hall–Kier alpha value is -2.04. The highest BCUT2D eigenvalue weighted by Crippen LogP contribution is 2.28. The Bertz CT molecular complexity index is 565. The first-order chi connectivity index (χ1) is 12.0. The minimum absolute atomic E-state index is 0.0515. The van der Waals surface area contributed by atoms with Gasteiger partial charge in [-0.05, 0) is 56.2 Å². The lowest BCUT2D eigenvalue weighted by Gasteiger charge is -2.25. The van der Waals surface area contributed by atoms with E-state index in [1.807, 2.05) is 31.2 Å². The zero-order valence-electron chi connectivity index (χ0n) is 15.5. The largest absolute Gasteiger partial charge is 0.497 e. The van der Waals surface area contributed by atoms with Crippen LogP contribution in [0.15, 0.2) is 24.3 Å². The van der Waals surface area contributed by atoms with Gasteiger partial charge < -0.3 is 15.4 Å². The van der Waals surface area contributed by atoms with Crippen molar-refractivity contribution in [2.45, 2.75) is 64.5 Å². The molecule has 0 saturated heterocycles. The number of hydrogen-bond donors (Lipinski definition) is 2. The van der Waals surface area contributed by atoms with Crippen LogP contribution >= 0.6 is 0 Å². The number of rotatable bonds is 8. The molecule has 1 saturated carbocycles. The lowest BCUT2D eigenvalue weighted by Crippen LogP contribution is -2.51. The van der Waals surface area contributed by atoms with Gasteiger partial charge in [0, 0.05) is 13.0 Å². The molecule has 2 rings (SSSR count). The number of hydrogen-bond acceptors (Lipinski definition) is 3. The lowest BCUT2D eigenvalue weighted by atomic mass is 9.96. The highest BCUT2D eigenvalue weighted by atomic mass is 16.5. The molecule has 138 valence electrons. The summed E-state index contributed by atoms with van der Waals surface area (Å²) in [6, 6.07) is 7.66. The quantitative estimate of drug-likeness (QED) is 0.760. The first-order valence-electron chi connectivity index (χ1n) is 9.20. The van der Waals surface area contributed by atoms with Gasteiger partial charge in [0.15, 0.2) is 0 Å². The molecule has 0 heterocycles. The molecule has 1 aromatic rings. The highest BCUT2D eigenvalue weighted by molar-refractivity contribution is 5.87. The maximum atomic E-state index is 12.6. The maximum Gasteiger partial charge on any atom is 0.243 e. The van der Waals surface area contributed by atoms with Crippen LogP contribution in [0.4, 0.5) is 0 Å². The highest BCUT2D eigenvalue weighted by Gasteiger charge is 2.31. The van der Waals surface area contributed by atoms with Gasteiger partial charge in [0.1, 0.15) is 11.8 Å². The van der Waals surface area contributed by atoms with Crippen LogP contribution in [0.3, 0.4) is 0 Å². The maximum absolute atomic E-state index is 12.6. The molecule has 1 aromatic carbocycles. The van der Waals surface area contributed by atoms with Gasteiger partial charge in [-0.15, -0.1) is 0 Å². The molecular weight excluding hydrogens is 316 g/mol. The van der Waals surface area contributed by atoms with E-state index < -0.39 is 6.04 Å². The van der Waals surface area contributed by atoms with Crippen LogP contribution in [0.25, 0.3) is 0 Å². The van der Waals surface area contributed by atoms with Gasteiger partial charge in [-0.25, -0.2) is 0 Å². The van der Waals surface area contributed by atoms with Crippen LogP contribution in [-0.4, -0.2) is 31.0 Å². The molecule has 2 atom stereocenters. The fourth-order valence-electron chi connectivity index (χ4n) is 3.49. The molecule has 0 radical (unpaired) electrons. The van der Waals surface area contributed by atoms with Crippen molar-refractivity contribution in [2.24, 2.45) is 5.92 Å². The lowest BCUT2D eigenvalue weighted by molar-refractivity contribution is -0.129. The van der Waals surface area contributed by atoms with E-state index in [0.717, 1.165) is 44.3 Å². The number of carbonyl (C=O) groups is 2. The Kier molecular flexibility index (Phi) is 7.29. The second kappa shape index (κ2) is 9.44. The van der Waals surface area contributed by atoms with E-state index in [4.69, 9.17) is 4.74 Å². The smallest absolute Gasteiger partial charge is 0.243 e. The standard InChI is InChI=1S/C20H30N2O3/c1-14(8-9-16-10-12-18(25-3)13-11-16)21-20(24)19(22-15(2)23)17-6-4-5-7-17/h10-14,17,19H,4-9H2,1-3H3,(H,21,24)(H,22,23)/t14-,19+/m0/s1. The molecule has 0 aromatic heterocycles. The van der Waals surface area contributed by atoms with Crippen LogP contribution < -0.4 is 15.4 Å². The normalized spacial score (nSPS) is 16.9. The zero-order valence-corrected chi connectivity index (χ0v) is 15.5. The number of ether oxygens (including phenoxy) is 1. The molecule has 5 nitrogen and oxygen atoms in total. The van der Waals surface area contributed by atoms with Crippen LogP contribution in [0.2, 0.25) is 0 Å². The fourth-order valence-corrected chi connectivity index (χ4v) is 3.49. The van der Waals surface area contributed by atoms with Crippen LogP contribution in [-0.2, 0) is 16.0 Å². The average Bonchev–Trinajstić information content (AvgIpc) is 3.12. The van der Waals surface area contributed by atoms with Gasteiger partial charge in [-0.2, -0.15) is 0 Å². The summed E-state index contributed by atoms with van der Waals surface area (Å²) in [6.45, 7) is 3.49. The van der Waals surface area contributed by atoms with E-state index in [1.165, 1.54) is 12.5 Å². The molecule has 1 fully saturated rings. The number of methoxy groups -OCH3 is 1. The van der Waals surface area contributed by atoms with E-state index in [2.05, 4.69) is 10.6 Å². The third kappa shape index (κ3) is 6.07. The van der Waals surface area contributed by atoms with Gasteiger partial charge in [-0.1, -0.05) is 25.0 Å². The third-order valence-corrected chi connectivity index (χ3v) is 4.93. The molecule has 0 bridgehead atoms. The van der Waals surface area contributed by atoms with Crippen molar-refractivity contribution >= 4 is 11.8 Å². The molecule has 0 spiro atoms. The summed E-state index contributed by atoms with van der Waals surface area (Å²) >= 11 is 0. The summed E-state index contributed by atoms with van der Waals surface area (Å²) in [6.07, 6.45) is 6.05.